The molecular weight excluding hydrogens is 232 g/mol. The molecule has 0 aromatic carbocycles. The molecule has 1 aromatic heterocycles. The van der Waals surface area contributed by atoms with Crippen LogP contribution >= 0.6 is 23.7 Å². The minimum Gasteiger partial charge on any atom is -0.396 e. The van der Waals surface area contributed by atoms with Gasteiger partial charge < -0.3 is 10.4 Å². The number of nitrogens with one attached hydrogen (secondary N) is 1. The Bertz CT molecular complexity index is 275. The number of hydrogen-bond donors (Lipinski definition) is 2. The van der Waals surface area contributed by atoms with Crippen LogP contribution in [0.25, 0.3) is 0 Å². The van der Waals surface area contributed by atoms with E-state index in [-0.39, 0.29) is 24.6 Å². The van der Waals surface area contributed by atoms with E-state index >= 15 is 0 Å². The topological polar surface area (TPSA) is 45.1 Å². The Labute approximate surface area is 100 Å². The van der Waals surface area contributed by atoms with Gasteiger partial charge in [-0.2, -0.15) is 0 Å². The number of aliphatic hydroxyl groups excluding tert-OH is 1. The number of rotatable bonds is 5. The minimum atomic E-state index is 0. The van der Waals surface area contributed by atoms with E-state index in [0.29, 0.717) is 0 Å². The van der Waals surface area contributed by atoms with Gasteiger partial charge in [-0.15, -0.1) is 23.7 Å². The Morgan fingerprint density at radius 1 is 1.53 bits per heavy atom. The van der Waals surface area contributed by atoms with Gasteiger partial charge >= 0.3 is 0 Å². The highest BCUT2D eigenvalue weighted by Crippen LogP contribution is 2.34. The Hall–Kier alpha value is -0.160. The fraction of sp³-hybridized carbons (Fsp3) is 0.700. The lowest BCUT2D eigenvalue weighted by molar-refractivity contribution is 0.129. The molecule has 1 saturated carbocycles. The highest BCUT2D eigenvalue weighted by Gasteiger charge is 2.35. The Morgan fingerprint density at radius 3 is 2.80 bits per heavy atom. The lowest BCUT2D eigenvalue weighted by Gasteiger charge is -2.42. The van der Waals surface area contributed by atoms with E-state index in [1.807, 2.05) is 5.51 Å². The number of hydrogen-bond acceptors (Lipinski definition) is 4. The van der Waals surface area contributed by atoms with E-state index in [9.17, 15) is 0 Å². The number of aliphatic hydroxyl groups is 1. The quantitative estimate of drug-likeness (QED) is 0.838. The zero-order chi connectivity index (χ0) is 9.86. The summed E-state index contributed by atoms with van der Waals surface area (Å²) in [4.78, 5) is 4.23. The zero-order valence-electron chi connectivity index (χ0n) is 8.61. The van der Waals surface area contributed by atoms with E-state index in [1.165, 1.54) is 19.3 Å². The maximum absolute atomic E-state index is 8.97. The third-order valence-electron chi connectivity index (χ3n) is 3.03. The van der Waals surface area contributed by atoms with Crippen LogP contribution in [0.5, 0.6) is 0 Å². The van der Waals surface area contributed by atoms with Crippen molar-refractivity contribution in [2.45, 2.75) is 37.8 Å². The second kappa shape index (κ2) is 5.80. The van der Waals surface area contributed by atoms with Crippen LogP contribution in [-0.2, 0) is 6.54 Å². The second-order valence-electron chi connectivity index (χ2n) is 3.94. The van der Waals surface area contributed by atoms with Crippen LogP contribution < -0.4 is 5.32 Å². The SMILES string of the molecule is Cl.OCCC1(NCc2cscn2)CCC1. The van der Waals surface area contributed by atoms with Gasteiger partial charge in [0, 0.05) is 24.1 Å². The van der Waals surface area contributed by atoms with Crippen molar-refractivity contribution < 1.29 is 5.11 Å². The normalized spacial score (nSPS) is 17.9. The summed E-state index contributed by atoms with van der Waals surface area (Å²) < 4.78 is 0. The summed E-state index contributed by atoms with van der Waals surface area (Å²) in [5.41, 5.74) is 3.17. The van der Waals surface area contributed by atoms with Crippen LogP contribution in [0.4, 0.5) is 0 Å². The fourth-order valence-electron chi connectivity index (χ4n) is 1.94. The standard InChI is InChI=1S/C10H16N2OS.ClH/c13-5-4-10(2-1-3-10)12-6-9-7-14-8-11-9;/h7-8,12-13H,1-6H2;1H. The van der Waals surface area contributed by atoms with Crippen molar-refractivity contribution in [2.75, 3.05) is 6.61 Å². The molecular formula is C10H17ClN2OS. The predicted molar refractivity (Wildman–Crippen MR) is 64.5 cm³/mol. The van der Waals surface area contributed by atoms with Crippen molar-refractivity contribution in [3.63, 3.8) is 0 Å². The lowest BCUT2D eigenvalue weighted by Crippen LogP contribution is -2.51. The zero-order valence-corrected chi connectivity index (χ0v) is 10.2. The van der Waals surface area contributed by atoms with Gasteiger partial charge in [0.05, 0.1) is 11.2 Å². The summed E-state index contributed by atoms with van der Waals surface area (Å²) in [6.07, 6.45) is 4.54. The molecule has 5 heteroatoms. The van der Waals surface area contributed by atoms with Gasteiger partial charge in [0.25, 0.3) is 0 Å². The molecule has 0 aliphatic heterocycles. The molecule has 2 rings (SSSR count). The first kappa shape index (κ1) is 12.9. The van der Waals surface area contributed by atoms with Gasteiger partial charge in [0.15, 0.2) is 0 Å². The Morgan fingerprint density at radius 2 is 2.33 bits per heavy atom. The average Bonchev–Trinajstić information content (AvgIpc) is 2.62. The van der Waals surface area contributed by atoms with Gasteiger partial charge in [0.1, 0.15) is 0 Å². The van der Waals surface area contributed by atoms with Gasteiger partial charge in [-0.25, -0.2) is 4.98 Å². The number of nitrogens with zero attached hydrogens (tertiary/aromatic N) is 1. The van der Waals surface area contributed by atoms with Crippen molar-refractivity contribution in [1.29, 1.82) is 0 Å². The van der Waals surface area contributed by atoms with E-state index in [4.69, 9.17) is 5.11 Å². The van der Waals surface area contributed by atoms with Crippen molar-refractivity contribution in [3.8, 4) is 0 Å². The molecule has 2 N–H and O–H groups in total. The van der Waals surface area contributed by atoms with Crippen LogP contribution in [0.3, 0.4) is 0 Å². The predicted octanol–water partition coefficient (Wildman–Crippen LogP) is 1.96. The Kier molecular flexibility index (Phi) is 4.99. The first-order valence-electron chi connectivity index (χ1n) is 5.08. The number of thiazole rings is 1. The van der Waals surface area contributed by atoms with E-state index in [1.54, 1.807) is 11.3 Å². The Balaban J connectivity index is 0.00000112. The second-order valence-corrected chi connectivity index (χ2v) is 4.66. The first-order chi connectivity index (χ1) is 6.85. The minimum absolute atomic E-state index is 0. The summed E-state index contributed by atoms with van der Waals surface area (Å²) in [7, 11) is 0. The number of aromatic nitrogens is 1. The van der Waals surface area contributed by atoms with Crippen LogP contribution in [0, 0.1) is 0 Å². The van der Waals surface area contributed by atoms with Gasteiger partial charge in [-0.1, -0.05) is 0 Å². The molecule has 1 aliphatic carbocycles. The van der Waals surface area contributed by atoms with Crippen molar-refractivity contribution in [2.24, 2.45) is 0 Å². The molecule has 15 heavy (non-hydrogen) atoms. The summed E-state index contributed by atoms with van der Waals surface area (Å²) in [6.45, 7) is 1.12. The molecule has 86 valence electrons. The van der Waals surface area contributed by atoms with Gasteiger partial charge in [0.2, 0.25) is 0 Å². The smallest absolute Gasteiger partial charge is 0.0795 e. The highest BCUT2D eigenvalue weighted by atomic mass is 35.5. The van der Waals surface area contributed by atoms with E-state index < -0.39 is 0 Å². The summed E-state index contributed by atoms with van der Waals surface area (Å²) >= 11 is 1.63. The third kappa shape index (κ3) is 3.14. The molecule has 0 spiro atoms. The van der Waals surface area contributed by atoms with Gasteiger partial charge in [-0.05, 0) is 25.7 Å². The third-order valence-corrected chi connectivity index (χ3v) is 3.66. The summed E-state index contributed by atoms with van der Waals surface area (Å²) in [6, 6.07) is 0. The monoisotopic (exact) mass is 248 g/mol. The molecule has 1 heterocycles. The largest absolute Gasteiger partial charge is 0.396 e. The molecule has 3 nitrogen and oxygen atoms in total. The van der Waals surface area contributed by atoms with Crippen molar-refractivity contribution in [1.82, 2.24) is 10.3 Å². The summed E-state index contributed by atoms with van der Waals surface area (Å²) in [5, 5.41) is 14.6. The van der Waals surface area contributed by atoms with Crippen LogP contribution in [0.15, 0.2) is 10.9 Å². The van der Waals surface area contributed by atoms with E-state index in [2.05, 4.69) is 15.7 Å². The highest BCUT2D eigenvalue weighted by molar-refractivity contribution is 7.07. The fourth-order valence-corrected chi connectivity index (χ4v) is 2.49. The van der Waals surface area contributed by atoms with Crippen molar-refractivity contribution >= 4 is 23.7 Å². The summed E-state index contributed by atoms with van der Waals surface area (Å²) in [5.74, 6) is 0. The molecule has 0 unspecified atom stereocenters. The van der Waals surface area contributed by atoms with Gasteiger partial charge in [-0.3, -0.25) is 0 Å². The first-order valence-corrected chi connectivity index (χ1v) is 6.02. The molecule has 1 aliphatic rings. The van der Waals surface area contributed by atoms with Crippen LogP contribution in [0.1, 0.15) is 31.4 Å². The molecule has 0 saturated heterocycles. The molecule has 0 radical (unpaired) electrons. The molecule has 1 fully saturated rings. The molecule has 1 aromatic rings. The molecule has 0 amide bonds. The maximum atomic E-state index is 8.97. The molecule has 0 atom stereocenters. The van der Waals surface area contributed by atoms with E-state index in [0.717, 1.165) is 18.7 Å². The van der Waals surface area contributed by atoms with Crippen LogP contribution in [-0.4, -0.2) is 22.2 Å². The maximum Gasteiger partial charge on any atom is 0.0795 e. The lowest BCUT2D eigenvalue weighted by atomic mass is 9.74. The molecule has 0 bridgehead atoms. The number of halogens is 1. The van der Waals surface area contributed by atoms with Crippen LogP contribution in [0.2, 0.25) is 0 Å². The van der Waals surface area contributed by atoms with Crippen molar-refractivity contribution in [3.05, 3.63) is 16.6 Å². The average molecular weight is 249 g/mol.